The third-order valence-corrected chi connectivity index (χ3v) is 6.39. The molecule has 0 bridgehead atoms. The number of rotatable bonds is 8. The number of nitrogens with one attached hydrogen (secondary N) is 2. The lowest BCUT2D eigenvalue weighted by Gasteiger charge is -2.34. The lowest BCUT2D eigenvalue weighted by molar-refractivity contribution is -0.141. The van der Waals surface area contributed by atoms with E-state index in [4.69, 9.17) is 4.42 Å². The molecule has 38 heavy (non-hydrogen) atoms. The Balaban J connectivity index is 1.28. The number of likely N-dealkylation sites (N-methyl/N-ethyl adjacent to an activating group) is 1. The molecule has 3 aromatic rings. The summed E-state index contributed by atoms with van der Waals surface area (Å²) in [6, 6.07) is 7.82. The summed E-state index contributed by atoms with van der Waals surface area (Å²) in [6.45, 7) is 4.53. The first-order chi connectivity index (χ1) is 18.0. The molecule has 13 heteroatoms. The van der Waals surface area contributed by atoms with Crippen molar-refractivity contribution in [2.75, 3.05) is 26.7 Å². The molecule has 1 aliphatic heterocycles. The van der Waals surface area contributed by atoms with Crippen LogP contribution in [0.4, 0.5) is 13.2 Å². The van der Waals surface area contributed by atoms with Crippen molar-refractivity contribution < 1.29 is 27.2 Å². The van der Waals surface area contributed by atoms with Gasteiger partial charge in [-0.05, 0) is 32.0 Å². The Bertz CT molecular complexity index is 1260. The number of alkyl halides is 3. The van der Waals surface area contributed by atoms with Gasteiger partial charge in [0.2, 0.25) is 17.7 Å². The van der Waals surface area contributed by atoms with E-state index in [1.54, 1.807) is 30.3 Å². The highest BCUT2D eigenvalue weighted by molar-refractivity contribution is 5.95. The zero-order chi connectivity index (χ0) is 27.4. The molecule has 2 N–H and O–H groups in total. The molecule has 1 aliphatic rings. The molecule has 204 valence electrons. The molecule has 3 heterocycles. The molecular weight excluding hydrogens is 503 g/mol. The van der Waals surface area contributed by atoms with Crippen molar-refractivity contribution in [3.8, 4) is 5.69 Å². The molecule has 0 radical (unpaired) electrons. The van der Waals surface area contributed by atoms with Crippen molar-refractivity contribution in [2.45, 2.75) is 50.7 Å². The molecule has 4 rings (SSSR count). The SMILES string of the molecule is CC(C)c1nnc(C2CCC(C(=O)NCCNC(=O)c3cn(-c4ccccc4)nc3C(F)(F)F)N(C)C2)o1. The summed E-state index contributed by atoms with van der Waals surface area (Å²) in [5.74, 6) is 0.170. The second-order valence-corrected chi connectivity index (χ2v) is 9.58. The molecule has 2 atom stereocenters. The van der Waals surface area contributed by atoms with Crippen molar-refractivity contribution in [3.05, 3.63) is 59.6 Å². The van der Waals surface area contributed by atoms with Crippen LogP contribution in [0.25, 0.3) is 5.69 Å². The molecule has 10 nitrogen and oxygen atoms in total. The van der Waals surface area contributed by atoms with Crippen molar-refractivity contribution in [3.63, 3.8) is 0 Å². The van der Waals surface area contributed by atoms with Gasteiger partial charge in [-0.25, -0.2) is 4.68 Å². The summed E-state index contributed by atoms with van der Waals surface area (Å²) in [5.41, 5.74) is -1.47. The number of hydrogen-bond donors (Lipinski definition) is 2. The molecule has 2 unspecified atom stereocenters. The smallest absolute Gasteiger partial charge is 0.425 e. The van der Waals surface area contributed by atoms with Crippen LogP contribution < -0.4 is 10.6 Å². The molecule has 0 saturated carbocycles. The van der Waals surface area contributed by atoms with E-state index in [2.05, 4.69) is 25.9 Å². The van der Waals surface area contributed by atoms with Gasteiger partial charge in [-0.2, -0.15) is 18.3 Å². The fourth-order valence-electron chi connectivity index (χ4n) is 4.36. The van der Waals surface area contributed by atoms with E-state index in [1.807, 2.05) is 25.8 Å². The van der Waals surface area contributed by atoms with Gasteiger partial charge in [0.05, 0.1) is 23.2 Å². The maximum atomic E-state index is 13.5. The van der Waals surface area contributed by atoms with E-state index in [1.165, 1.54) is 0 Å². The Labute approximate surface area is 217 Å². The minimum absolute atomic E-state index is 0.0305. The van der Waals surface area contributed by atoms with Crippen LogP contribution in [0.1, 0.15) is 66.4 Å². The second kappa shape index (κ2) is 11.3. The van der Waals surface area contributed by atoms with Crippen LogP contribution >= 0.6 is 0 Å². The third kappa shape index (κ3) is 6.21. The number of amides is 2. The topological polar surface area (TPSA) is 118 Å². The Hall–Kier alpha value is -3.74. The third-order valence-electron chi connectivity index (χ3n) is 6.39. The number of nitrogens with zero attached hydrogens (tertiary/aromatic N) is 5. The maximum absolute atomic E-state index is 13.5. The van der Waals surface area contributed by atoms with Crippen molar-refractivity contribution in [1.29, 1.82) is 0 Å². The van der Waals surface area contributed by atoms with Crippen LogP contribution in [-0.4, -0.2) is 69.4 Å². The minimum atomic E-state index is -4.80. The summed E-state index contributed by atoms with van der Waals surface area (Å²) < 4.78 is 47.3. The van der Waals surface area contributed by atoms with E-state index in [9.17, 15) is 22.8 Å². The summed E-state index contributed by atoms with van der Waals surface area (Å²) in [7, 11) is 1.83. The number of halogens is 3. The fraction of sp³-hybridized carbons (Fsp3) is 0.480. The van der Waals surface area contributed by atoms with Gasteiger partial charge in [0.15, 0.2) is 5.69 Å². The van der Waals surface area contributed by atoms with Crippen LogP contribution in [-0.2, 0) is 11.0 Å². The highest BCUT2D eigenvalue weighted by Crippen LogP contribution is 2.32. The quantitative estimate of drug-likeness (QED) is 0.427. The fourth-order valence-corrected chi connectivity index (χ4v) is 4.36. The Morgan fingerprint density at radius 1 is 1.11 bits per heavy atom. The molecule has 2 aromatic heterocycles. The van der Waals surface area contributed by atoms with E-state index in [0.29, 0.717) is 36.9 Å². The molecule has 1 fully saturated rings. The zero-order valence-corrected chi connectivity index (χ0v) is 21.3. The van der Waals surface area contributed by atoms with Crippen molar-refractivity contribution >= 4 is 11.8 Å². The standard InChI is InChI=1S/C25H30F3N7O3/c1-15(2)23-31-32-24(38-23)16-9-10-19(34(3)13-16)22(37)30-12-11-29-21(36)18-14-35(17-7-5-4-6-8-17)33-20(18)25(26,27)28/h4-8,14-16,19H,9-13H2,1-3H3,(H,29,36)(H,30,37). The normalized spacial score (nSPS) is 18.5. The predicted molar refractivity (Wildman–Crippen MR) is 131 cm³/mol. The lowest BCUT2D eigenvalue weighted by atomic mass is 9.92. The summed E-state index contributed by atoms with van der Waals surface area (Å²) >= 11 is 0. The first kappa shape index (κ1) is 27.3. The van der Waals surface area contributed by atoms with Crippen LogP contribution in [0.3, 0.4) is 0 Å². The molecule has 2 amide bonds. The molecule has 0 spiro atoms. The number of benzene rings is 1. The van der Waals surface area contributed by atoms with Gasteiger partial charge in [-0.3, -0.25) is 14.5 Å². The van der Waals surface area contributed by atoms with E-state index >= 15 is 0 Å². The zero-order valence-electron chi connectivity index (χ0n) is 21.3. The van der Waals surface area contributed by atoms with E-state index in [0.717, 1.165) is 10.9 Å². The number of aromatic nitrogens is 4. The summed E-state index contributed by atoms with van der Waals surface area (Å²) in [4.78, 5) is 27.2. The first-order valence-corrected chi connectivity index (χ1v) is 12.4. The van der Waals surface area contributed by atoms with Gasteiger partial charge in [-0.15, -0.1) is 10.2 Å². The monoisotopic (exact) mass is 533 g/mol. The highest BCUT2D eigenvalue weighted by Gasteiger charge is 2.39. The number of hydrogen-bond acceptors (Lipinski definition) is 7. The first-order valence-electron chi connectivity index (χ1n) is 12.4. The second-order valence-electron chi connectivity index (χ2n) is 9.58. The predicted octanol–water partition coefficient (Wildman–Crippen LogP) is 3.12. The Morgan fingerprint density at radius 3 is 2.45 bits per heavy atom. The van der Waals surface area contributed by atoms with Gasteiger partial charge in [0.25, 0.3) is 5.91 Å². The molecule has 1 saturated heterocycles. The Kier molecular flexibility index (Phi) is 8.14. The summed E-state index contributed by atoms with van der Waals surface area (Å²) in [6.07, 6.45) is -2.48. The number of likely N-dealkylation sites (tertiary alicyclic amines) is 1. The number of carbonyl (C=O) groups is 2. The van der Waals surface area contributed by atoms with Gasteiger partial charge in [0, 0.05) is 31.7 Å². The molecule has 1 aromatic carbocycles. The van der Waals surface area contributed by atoms with Crippen LogP contribution in [0.5, 0.6) is 0 Å². The summed E-state index contributed by atoms with van der Waals surface area (Å²) in [5, 5.41) is 17.0. The van der Waals surface area contributed by atoms with Gasteiger partial charge in [0.1, 0.15) is 0 Å². The van der Waals surface area contributed by atoms with Crippen molar-refractivity contribution in [2.24, 2.45) is 0 Å². The maximum Gasteiger partial charge on any atom is 0.435 e. The van der Waals surface area contributed by atoms with Crippen molar-refractivity contribution in [1.82, 2.24) is 35.5 Å². The number of para-hydroxylation sites is 1. The molecular formula is C25H30F3N7O3. The van der Waals surface area contributed by atoms with E-state index in [-0.39, 0.29) is 36.9 Å². The highest BCUT2D eigenvalue weighted by atomic mass is 19.4. The largest absolute Gasteiger partial charge is 0.435 e. The average molecular weight is 534 g/mol. The van der Waals surface area contributed by atoms with Gasteiger partial charge < -0.3 is 15.1 Å². The number of piperidine rings is 1. The Morgan fingerprint density at radius 2 is 1.82 bits per heavy atom. The molecule has 0 aliphatic carbocycles. The average Bonchev–Trinajstić information content (AvgIpc) is 3.55. The van der Waals surface area contributed by atoms with Gasteiger partial charge >= 0.3 is 6.18 Å². The van der Waals surface area contributed by atoms with Crippen LogP contribution in [0.2, 0.25) is 0 Å². The van der Waals surface area contributed by atoms with Gasteiger partial charge in [-0.1, -0.05) is 32.0 Å². The van der Waals surface area contributed by atoms with E-state index < -0.39 is 23.3 Å². The van der Waals surface area contributed by atoms with Crippen LogP contribution in [0, 0.1) is 0 Å². The number of carbonyl (C=O) groups excluding carboxylic acids is 2. The lowest BCUT2D eigenvalue weighted by Crippen LogP contribution is -2.50. The van der Waals surface area contributed by atoms with Crippen LogP contribution in [0.15, 0.2) is 40.9 Å². The minimum Gasteiger partial charge on any atom is -0.425 e.